The van der Waals surface area contributed by atoms with Gasteiger partial charge in [0.1, 0.15) is 17.9 Å². The zero-order chi connectivity index (χ0) is 28.2. The van der Waals surface area contributed by atoms with E-state index in [0.717, 1.165) is 24.1 Å². The Hall–Kier alpha value is -2.96. The van der Waals surface area contributed by atoms with E-state index < -0.39 is 24.5 Å². The second-order valence-electron chi connectivity index (χ2n) is 10.4. The molecule has 2 N–H and O–H groups in total. The number of alkyl halides is 3. The number of anilines is 2. The first kappa shape index (κ1) is 27.2. The lowest BCUT2D eigenvalue weighted by Gasteiger charge is -2.27. The highest BCUT2D eigenvalue weighted by atomic mass is 35.5. The number of benzene rings is 2. The van der Waals surface area contributed by atoms with Crippen LogP contribution in [0.5, 0.6) is 6.01 Å². The molecule has 2 aliphatic rings. The van der Waals surface area contributed by atoms with Crippen LogP contribution in [0.25, 0.3) is 32.2 Å². The molecule has 212 valence electrons. The summed E-state index contributed by atoms with van der Waals surface area (Å²) in [6.45, 7) is 0.368. The third kappa shape index (κ3) is 4.90. The van der Waals surface area contributed by atoms with Gasteiger partial charge in [-0.15, -0.1) is 0 Å². The van der Waals surface area contributed by atoms with Crippen molar-refractivity contribution in [3.63, 3.8) is 0 Å². The predicted octanol–water partition coefficient (Wildman–Crippen LogP) is 6.33. The van der Waals surface area contributed by atoms with E-state index in [-0.39, 0.29) is 65.4 Å². The maximum Gasteiger partial charge on any atom is 0.319 e. The molecule has 0 spiro atoms. The number of rotatable bonds is 5. The Morgan fingerprint density at radius 1 is 1.15 bits per heavy atom. The number of aromatic nitrogens is 3. The zero-order valence-corrected chi connectivity index (χ0v) is 23.2. The van der Waals surface area contributed by atoms with Gasteiger partial charge in [-0.05, 0) is 51.4 Å². The number of ether oxygens (including phenoxy) is 1. The molecule has 2 aliphatic heterocycles. The molecule has 0 bridgehead atoms. The van der Waals surface area contributed by atoms with E-state index in [0.29, 0.717) is 16.2 Å². The molecule has 40 heavy (non-hydrogen) atoms. The van der Waals surface area contributed by atoms with Crippen LogP contribution in [0.3, 0.4) is 0 Å². The average Bonchev–Trinajstić information content (AvgIpc) is 3.47. The average molecular weight is 595 g/mol. The number of halogens is 5. The van der Waals surface area contributed by atoms with Crippen molar-refractivity contribution in [3.05, 3.63) is 35.1 Å². The van der Waals surface area contributed by atoms with Gasteiger partial charge in [-0.25, -0.2) is 22.5 Å². The summed E-state index contributed by atoms with van der Waals surface area (Å²) in [5, 5.41) is 0.486. The standard InChI is InChI=1S/C27H27ClF4N6OS/c1-37-9-3-5-14(37)12-39-26-35-23-16(24(36-26)38-10-4-8-19(29)27(31,32)13-38)11-17(28)20(21(23)30)15-6-2-7-18-22(15)34-25(33)40-18/h2,6-7,11,14,19H,3-5,8-10,12-13H2,1H3,(H2,33,34)/t14-,19?/m0/s1. The molecule has 2 atom stereocenters. The Morgan fingerprint density at radius 2 is 1.95 bits per heavy atom. The number of likely N-dealkylation sites (N-methyl/N-ethyl adjacent to an activating group) is 1. The van der Waals surface area contributed by atoms with Crippen molar-refractivity contribution in [2.75, 3.05) is 43.9 Å². The van der Waals surface area contributed by atoms with Crippen LogP contribution in [-0.2, 0) is 0 Å². The molecule has 7 nitrogen and oxygen atoms in total. The number of nitrogen functional groups attached to an aromatic ring is 1. The summed E-state index contributed by atoms with van der Waals surface area (Å²) >= 11 is 7.92. The monoisotopic (exact) mass is 594 g/mol. The molecule has 1 unspecified atom stereocenters. The first-order valence-electron chi connectivity index (χ1n) is 13.1. The van der Waals surface area contributed by atoms with Crippen LogP contribution >= 0.6 is 22.9 Å². The second kappa shape index (κ2) is 10.5. The number of hydrogen-bond acceptors (Lipinski definition) is 8. The SMILES string of the molecule is CN1CCC[C@H]1COc1nc(N2CCCC(F)C(F)(F)C2)c2cc(Cl)c(-c3cccc4sc(N)nc34)c(F)c2n1. The van der Waals surface area contributed by atoms with Crippen LogP contribution in [-0.4, -0.2) is 71.3 Å². The van der Waals surface area contributed by atoms with Gasteiger partial charge in [-0.3, -0.25) is 0 Å². The van der Waals surface area contributed by atoms with E-state index in [1.54, 1.807) is 12.1 Å². The van der Waals surface area contributed by atoms with Crippen LogP contribution in [0.1, 0.15) is 25.7 Å². The van der Waals surface area contributed by atoms with Gasteiger partial charge in [0.25, 0.3) is 5.92 Å². The molecule has 0 aliphatic carbocycles. The summed E-state index contributed by atoms with van der Waals surface area (Å²) in [6, 6.07) is 6.70. The molecule has 0 amide bonds. The summed E-state index contributed by atoms with van der Waals surface area (Å²) < 4.78 is 66.7. The van der Waals surface area contributed by atoms with Crippen molar-refractivity contribution < 1.29 is 22.3 Å². The largest absolute Gasteiger partial charge is 0.462 e. The quantitative estimate of drug-likeness (QED) is 0.271. The van der Waals surface area contributed by atoms with E-state index in [2.05, 4.69) is 19.9 Å². The lowest BCUT2D eigenvalue weighted by atomic mass is 10.0. The topological polar surface area (TPSA) is 80.4 Å². The Morgan fingerprint density at radius 3 is 2.73 bits per heavy atom. The lowest BCUT2D eigenvalue weighted by molar-refractivity contribution is -0.0621. The lowest BCUT2D eigenvalue weighted by Crippen LogP contribution is -2.41. The van der Waals surface area contributed by atoms with Gasteiger partial charge in [0.15, 0.2) is 17.1 Å². The minimum atomic E-state index is -3.61. The van der Waals surface area contributed by atoms with E-state index in [9.17, 15) is 13.2 Å². The van der Waals surface area contributed by atoms with Crippen LogP contribution in [0.2, 0.25) is 5.02 Å². The van der Waals surface area contributed by atoms with E-state index in [4.69, 9.17) is 22.1 Å². The van der Waals surface area contributed by atoms with Crippen LogP contribution < -0.4 is 15.4 Å². The molecule has 2 aromatic carbocycles. The van der Waals surface area contributed by atoms with Crippen molar-refractivity contribution >= 4 is 55.0 Å². The van der Waals surface area contributed by atoms with Gasteiger partial charge >= 0.3 is 6.01 Å². The number of para-hydroxylation sites is 1. The molecule has 4 aromatic rings. The maximum absolute atomic E-state index is 16.5. The third-order valence-corrected chi connectivity index (χ3v) is 8.82. The van der Waals surface area contributed by atoms with Crippen molar-refractivity contribution in [3.8, 4) is 17.1 Å². The highest BCUT2D eigenvalue weighted by Crippen LogP contribution is 2.43. The number of nitrogens with zero attached hydrogens (tertiary/aromatic N) is 5. The van der Waals surface area contributed by atoms with Gasteiger partial charge in [-0.1, -0.05) is 35.1 Å². The number of hydrogen-bond donors (Lipinski definition) is 1. The van der Waals surface area contributed by atoms with Crippen molar-refractivity contribution in [1.29, 1.82) is 0 Å². The fraction of sp³-hybridized carbons (Fsp3) is 0.444. The predicted molar refractivity (Wildman–Crippen MR) is 150 cm³/mol. The Balaban J connectivity index is 1.51. The summed E-state index contributed by atoms with van der Waals surface area (Å²) in [4.78, 5) is 16.6. The van der Waals surface area contributed by atoms with E-state index in [1.807, 2.05) is 13.1 Å². The summed E-state index contributed by atoms with van der Waals surface area (Å²) in [5.74, 6) is -4.35. The van der Waals surface area contributed by atoms with Crippen molar-refractivity contribution in [1.82, 2.24) is 19.9 Å². The molecule has 4 heterocycles. The summed E-state index contributed by atoms with van der Waals surface area (Å²) in [5.41, 5.74) is 6.74. The highest BCUT2D eigenvalue weighted by Gasteiger charge is 2.44. The Kier molecular flexibility index (Phi) is 7.12. The number of fused-ring (bicyclic) bond motifs is 2. The molecule has 2 aromatic heterocycles. The number of nitrogens with two attached hydrogens (primary N) is 1. The van der Waals surface area contributed by atoms with Crippen molar-refractivity contribution in [2.45, 2.75) is 43.8 Å². The Labute approximate surface area is 236 Å². The summed E-state index contributed by atoms with van der Waals surface area (Å²) in [6.07, 6.45) is -0.457. The van der Waals surface area contributed by atoms with Crippen molar-refractivity contribution in [2.24, 2.45) is 0 Å². The minimum absolute atomic E-state index is 0.0250. The maximum atomic E-state index is 16.5. The van der Waals surface area contributed by atoms with Gasteiger partial charge in [0.2, 0.25) is 0 Å². The van der Waals surface area contributed by atoms with E-state index >= 15 is 4.39 Å². The molecule has 6 rings (SSSR count). The van der Waals surface area contributed by atoms with Gasteiger partial charge < -0.3 is 20.3 Å². The molecular formula is C27H27ClF4N6OS. The zero-order valence-electron chi connectivity index (χ0n) is 21.6. The molecule has 2 fully saturated rings. The molecular weight excluding hydrogens is 568 g/mol. The van der Waals surface area contributed by atoms with Crippen LogP contribution in [0, 0.1) is 5.82 Å². The fourth-order valence-electron chi connectivity index (χ4n) is 5.53. The third-order valence-electron chi connectivity index (χ3n) is 7.67. The number of thiazole rings is 1. The highest BCUT2D eigenvalue weighted by molar-refractivity contribution is 7.22. The van der Waals surface area contributed by atoms with Gasteiger partial charge in [0.05, 0.1) is 21.8 Å². The van der Waals surface area contributed by atoms with Gasteiger partial charge in [-0.2, -0.15) is 9.97 Å². The van der Waals surface area contributed by atoms with Crippen LogP contribution in [0.15, 0.2) is 24.3 Å². The first-order valence-corrected chi connectivity index (χ1v) is 14.3. The summed E-state index contributed by atoms with van der Waals surface area (Å²) in [7, 11) is 1.99. The first-order chi connectivity index (χ1) is 19.1. The molecule has 0 saturated carbocycles. The Bertz CT molecular complexity index is 1590. The molecule has 0 radical (unpaired) electrons. The molecule has 13 heteroatoms. The van der Waals surface area contributed by atoms with Crippen LogP contribution in [0.4, 0.5) is 28.5 Å². The van der Waals surface area contributed by atoms with Gasteiger partial charge in [0, 0.05) is 29.1 Å². The van der Waals surface area contributed by atoms with E-state index in [1.165, 1.54) is 22.3 Å². The second-order valence-corrected chi connectivity index (χ2v) is 11.8. The normalized spacial score (nSPS) is 21.8. The molecule has 2 saturated heterocycles. The smallest absolute Gasteiger partial charge is 0.319 e. The fourth-order valence-corrected chi connectivity index (χ4v) is 6.58. The number of likely N-dealkylation sites (tertiary alicyclic amines) is 1. The minimum Gasteiger partial charge on any atom is -0.462 e.